The molecule has 12 unspecified atom stereocenters. The Balaban J connectivity index is 0.891. The Kier molecular flexibility index (Phi) is 16.5. The number of aliphatic hydroxyl groups is 13. The fourth-order valence-electron chi connectivity index (χ4n) is 16.9. The summed E-state index contributed by atoms with van der Waals surface area (Å²) in [6.45, 7) is 13.4. The van der Waals surface area contributed by atoms with Crippen molar-refractivity contribution < 1.29 is 109 Å². The molecule has 0 spiro atoms. The molecule has 29 atom stereocenters. The minimum absolute atomic E-state index is 0.00594. The lowest BCUT2D eigenvalue weighted by molar-refractivity contribution is -0.366. The van der Waals surface area contributed by atoms with Crippen LogP contribution in [0.5, 0.6) is 0 Å². The summed E-state index contributed by atoms with van der Waals surface area (Å²) >= 11 is 0. The maximum atomic E-state index is 15.0. The molecule has 22 heteroatoms. The van der Waals surface area contributed by atoms with Crippen molar-refractivity contribution in [1.29, 1.82) is 0 Å². The van der Waals surface area contributed by atoms with Gasteiger partial charge in [0, 0.05) is 5.41 Å². The van der Waals surface area contributed by atoms with Gasteiger partial charge in [0.2, 0.25) is 6.29 Å². The van der Waals surface area contributed by atoms with E-state index in [1.165, 1.54) is 6.92 Å². The number of ether oxygens (including phenoxy) is 8. The molecule has 9 rings (SSSR count). The maximum Gasteiger partial charge on any atom is 0.314 e. The highest BCUT2D eigenvalue weighted by atomic mass is 16.8. The first-order valence-corrected chi connectivity index (χ1v) is 27.5. The zero-order valence-electron chi connectivity index (χ0n) is 44.5. The standard InChI is InChI=1S/C53H88O22/c1-23-32(59)34(61)37(64)44(70-23)74-42-33(60)27(57)20-69-46(42)71-31-11-12-49(4)29(50(31,5)22-55)10-13-52(7)30(49)9-8-24-25-18-48(2,3)14-16-53(25,17-15-51(24,52)6)47(67)75-45-39(66)36(63)41(73-45)28(58)21-68-43-38(65)35(62)40(72-43)26(56)19-54/h23-46,54-66H,8-22H2,1-7H3/t23-,24?,25?,26?,27-,28?,29?,30?,31?,32-,33-,34+,35+,36+,37+,38+,39+,40?,41?,42+,43-,44?,45+,46-,49-,50?,51+,52+,53?/m0/s1. The molecule has 22 nitrogen and oxygen atoms in total. The highest BCUT2D eigenvalue weighted by Gasteiger charge is 2.72. The summed E-state index contributed by atoms with van der Waals surface area (Å²) in [6, 6.07) is 0. The zero-order valence-corrected chi connectivity index (χ0v) is 44.5. The third-order valence-electron chi connectivity index (χ3n) is 21.7. The molecule has 5 saturated carbocycles. The van der Waals surface area contributed by atoms with Crippen LogP contribution in [0, 0.1) is 56.2 Å². The second-order valence-electron chi connectivity index (χ2n) is 26.1. The lowest BCUT2D eigenvalue weighted by Crippen LogP contribution is -2.69. The number of esters is 1. The zero-order chi connectivity index (χ0) is 54.7. The van der Waals surface area contributed by atoms with Gasteiger partial charge in [-0.3, -0.25) is 4.79 Å². The van der Waals surface area contributed by atoms with E-state index in [1.807, 2.05) is 6.92 Å². The van der Waals surface area contributed by atoms with Crippen molar-refractivity contribution in [3.8, 4) is 0 Å². The van der Waals surface area contributed by atoms with E-state index in [4.69, 9.17) is 37.9 Å². The molecule has 0 bridgehead atoms. The molecule has 5 aliphatic carbocycles. The van der Waals surface area contributed by atoms with Crippen molar-refractivity contribution in [2.75, 3.05) is 26.4 Å². The fourth-order valence-corrected chi connectivity index (χ4v) is 16.9. The first-order chi connectivity index (χ1) is 35.1. The molecule has 0 amide bonds. The molecule has 432 valence electrons. The minimum Gasteiger partial charge on any atom is -0.432 e. The third kappa shape index (κ3) is 9.58. The summed E-state index contributed by atoms with van der Waals surface area (Å²) in [6.07, 6.45) is -20.8. The van der Waals surface area contributed by atoms with Crippen molar-refractivity contribution >= 4 is 5.97 Å². The molecule has 13 N–H and O–H groups in total. The van der Waals surface area contributed by atoms with Crippen molar-refractivity contribution in [2.24, 2.45) is 56.2 Å². The summed E-state index contributed by atoms with van der Waals surface area (Å²) < 4.78 is 47.3. The molecule has 9 aliphatic rings. The summed E-state index contributed by atoms with van der Waals surface area (Å²) in [5.41, 5.74) is -2.42. The number of fused-ring (bicyclic) bond motifs is 7. The molecule has 4 aliphatic heterocycles. The van der Waals surface area contributed by atoms with Gasteiger partial charge in [-0.05, 0) is 123 Å². The summed E-state index contributed by atoms with van der Waals surface area (Å²) in [7, 11) is 0. The molecule has 0 aromatic rings. The van der Waals surface area contributed by atoms with Gasteiger partial charge in [-0.15, -0.1) is 0 Å². The van der Waals surface area contributed by atoms with Gasteiger partial charge in [-0.2, -0.15) is 0 Å². The summed E-state index contributed by atoms with van der Waals surface area (Å²) in [5, 5.41) is 138. The Morgan fingerprint density at radius 1 is 0.600 bits per heavy atom. The third-order valence-corrected chi connectivity index (χ3v) is 21.7. The van der Waals surface area contributed by atoms with Gasteiger partial charge in [0.1, 0.15) is 85.5 Å². The lowest BCUT2D eigenvalue weighted by Gasteiger charge is -2.73. The Morgan fingerprint density at radius 3 is 1.92 bits per heavy atom. The van der Waals surface area contributed by atoms with Gasteiger partial charge < -0.3 is 104 Å². The number of rotatable bonds is 13. The Morgan fingerprint density at radius 2 is 1.24 bits per heavy atom. The Bertz CT molecular complexity index is 2000. The second-order valence-corrected chi connectivity index (χ2v) is 26.1. The van der Waals surface area contributed by atoms with Crippen LogP contribution in [0.4, 0.5) is 0 Å². The van der Waals surface area contributed by atoms with E-state index >= 15 is 0 Å². The van der Waals surface area contributed by atoms with Gasteiger partial charge in [0.25, 0.3) is 0 Å². The monoisotopic (exact) mass is 1080 g/mol. The van der Waals surface area contributed by atoms with E-state index in [1.54, 1.807) is 0 Å². The lowest BCUT2D eigenvalue weighted by atomic mass is 9.31. The largest absolute Gasteiger partial charge is 0.432 e. The van der Waals surface area contributed by atoms with E-state index < -0.39 is 153 Å². The van der Waals surface area contributed by atoms with Crippen LogP contribution < -0.4 is 0 Å². The average Bonchev–Trinajstić information content (AvgIpc) is 3.82. The van der Waals surface area contributed by atoms with Crippen molar-refractivity contribution in [2.45, 2.75) is 242 Å². The molecule has 0 aromatic carbocycles. The van der Waals surface area contributed by atoms with Gasteiger partial charge in [-0.25, -0.2) is 0 Å². The highest BCUT2D eigenvalue weighted by Crippen LogP contribution is 2.77. The minimum atomic E-state index is -1.71. The fraction of sp³-hybridized carbons (Fsp3) is 0.981. The van der Waals surface area contributed by atoms with Crippen LogP contribution >= 0.6 is 0 Å². The van der Waals surface area contributed by atoms with Gasteiger partial charge in [-0.1, -0.05) is 41.5 Å². The van der Waals surface area contributed by atoms with E-state index in [2.05, 4.69) is 34.6 Å². The van der Waals surface area contributed by atoms with E-state index in [0.717, 1.165) is 51.4 Å². The quantitative estimate of drug-likeness (QED) is 0.0752. The van der Waals surface area contributed by atoms with Gasteiger partial charge >= 0.3 is 5.97 Å². The number of aliphatic hydroxyl groups excluding tert-OH is 13. The van der Waals surface area contributed by atoms with Crippen molar-refractivity contribution in [3.63, 3.8) is 0 Å². The van der Waals surface area contributed by atoms with E-state index in [0.29, 0.717) is 19.3 Å². The first-order valence-electron chi connectivity index (χ1n) is 27.5. The number of hydrogen-bond acceptors (Lipinski definition) is 22. The van der Waals surface area contributed by atoms with Gasteiger partial charge in [0.15, 0.2) is 18.9 Å². The van der Waals surface area contributed by atoms with Crippen molar-refractivity contribution in [3.05, 3.63) is 0 Å². The highest BCUT2D eigenvalue weighted by molar-refractivity contribution is 5.78. The summed E-state index contributed by atoms with van der Waals surface area (Å²) in [5.74, 6) is -0.241. The van der Waals surface area contributed by atoms with Crippen molar-refractivity contribution in [1.82, 2.24) is 0 Å². The van der Waals surface area contributed by atoms with Gasteiger partial charge in [0.05, 0.1) is 44.1 Å². The first kappa shape index (κ1) is 58.3. The van der Waals surface area contributed by atoms with Crippen LogP contribution in [0.2, 0.25) is 0 Å². The molecule has 0 aromatic heterocycles. The van der Waals surface area contributed by atoms with Crippen LogP contribution in [0.15, 0.2) is 0 Å². The molecule has 4 heterocycles. The summed E-state index contributed by atoms with van der Waals surface area (Å²) in [4.78, 5) is 15.0. The number of carbonyl (C=O) groups excluding carboxylic acids is 1. The SMILES string of the molecule is C[C@@H]1OC(O[C@H]2[C@H](OC3CC[C@@]4(C)C(CC[C@]5(C)C4CCC4C6CC(C)(C)CCC6(C(=O)O[C@H]6OC(C(O)CO[C@H]7OC(C(O)CO)[C@H](O)[C@H]7O)[C@H](O)[C@H]6O)CC[C@]45C)C3(C)CO)OC[C@H](O)[C@@H]2O)[C@H](O)[C@H](O)[C@H]1O. The smallest absolute Gasteiger partial charge is 0.314 e. The van der Waals surface area contributed by atoms with Crippen LogP contribution in [0.1, 0.15) is 119 Å². The van der Waals surface area contributed by atoms with Crippen LogP contribution in [-0.2, 0) is 42.7 Å². The molecule has 9 fully saturated rings. The predicted molar refractivity (Wildman–Crippen MR) is 257 cm³/mol. The molecular weight excluding hydrogens is 989 g/mol. The number of hydrogen-bond donors (Lipinski definition) is 13. The van der Waals surface area contributed by atoms with E-state index in [-0.39, 0.29) is 58.5 Å². The molecule has 75 heavy (non-hydrogen) atoms. The van der Waals surface area contributed by atoms with Crippen LogP contribution in [0.3, 0.4) is 0 Å². The number of carbonyl (C=O) groups is 1. The predicted octanol–water partition coefficient (Wildman–Crippen LogP) is -1.32. The Labute approximate surface area is 438 Å². The van der Waals surface area contributed by atoms with Crippen LogP contribution in [0.25, 0.3) is 0 Å². The molecular formula is C53H88O22. The maximum absolute atomic E-state index is 15.0. The van der Waals surface area contributed by atoms with E-state index in [9.17, 15) is 71.2 Å². The molecule has 4 saturated heterocycles. The second kappa shape index (κ2) is 21.2. The molecule has 0 radical (unpaired) electrons. The normalized spacial score (nSPS) is 54.5. The van der Waals surface area contributed by atoms with Crippen LogP contribution in [-0.4, -0.2) is 222 Å². The topological polar surface area (TPSA) is 354 Å². The average molecular weight is 1080 g/mol. The Hall–Kier alpha value is -1.33.